The molecule has 2 N–H and O–H groups in total. The second-order valence-electron chi connectivity index (χ2n) is 23.1. The molecule has 8 rings (SSSR count). The Balaban J connectivity index is 0.689. The molecule has 2 saturated carbocycles. The van der Waals surface area contributed by atoms with Gasteiger partial charge < -0.3 is 38.6 Å². The van der Waals surface area contributed by atoms with Crippen molar-refractivity contribution in [2.24, 2.45) is 22.7 Å². The average Bonchev–Trinajstić information content (AvgIpc) is 3.36. The van der Waals surface area contributed by atoms with Gasteiger partial charge >= 0.3 is 11.9 Å². The summed E-state index contributed by atoms with van der Waals surface area (Å²) >= 11 is 0. The van der Waals surface area contributed by atoms with Crippen molar-refractivity contribution < 1.29 is 48.2 Å². The van der Waals surface area contributed by atoms with E-state index in [9.17, 15) is 19.8 Å². The van der Waals surface area contributed by atoms with Crippen LogP contribution in [0.1, 0.15) is 152 Å². The molecular formula is C62H82O10. The molecule has 0 radical (unpaired) electrons. The first-order valence-electron chi connectivity index (χ1n) is 27.0. The summed E-state index contributed by atoms with van der Waals surface area (Å²) in [6.07, 6.45) is 7.66. The number of ether oxygens (including phenoxy) is 6. The predicted molar refractivity (Wildman–Crippen MR) is 282 cm³/mol. The summed E-state index contributed by atoms with van der Waals surface area (Å²) in [5.74, 6) is 2.32. The lowest BCUT2D eigenvalue weighted by Gasteiger charge is -2.54. The van der Waals surface area contributed by atoms with Gasteiger partial charge in [-0.25, -0.2) is 0 Å². The smallest absolute Gasteiger partial charge is 0.312 e. The van der Waals surface area contributed by atoms with E-state index in [1.165, 1.54) is 33.4 Å². The second-order valence-corrected chi connectivity index (χ2v) is 23.1. The van der Waals surface area contributed by atoms with Crippen LogP contribution in [0, 0.1) is 22.7 Å². The van der Waals surface area contributed by atoms with E-state index in [-0.39, 0.29) is 74.2 Å². The van der Waals surface area contributed by atoms with Crippen LogP contribution in [0.2, 0.25) is 0 Å². The summed E-state index contributed by atoms with van der Waals surface area (Å²) in [6, 6.07) is 29.5. The first kappa shape index (κ1) is 53.5. The van der Waals surface area contributed by atoms with E-state index >= 15 is 0 Å². The number of aliphatic hydroxyl groups is 2. The van der Waals surface area contributed by atoms with E-state index in [0.717, 1.165) is 75.3 Å². The molecule has 72 heavy (non-hydrogen) atoms. The number of carbonyl (C=O) groups excluding carboxylic acids is 2. The van der Waals surface area contributed by atoms with Crippen molar-refractivity contribution in [3.8, 4) is 22.6 Å². The SMILES string of the molecule is CC(C)c1ccc2c(c1)CCC1C(C)(C(=O)OCC(O)COCCOc3ccc(-c4ccc(OCCOCC(O)COC(=O)C5(C)CCCC6(C)c7ccc(C(C)C)cc7CCC56)cc4)cc3)CCCC21C. The number of esters is 2. The molecule has 10 heteroatoms. The highest BCUT2D eigenvalue weighted by atomic mass is 16.6. The first-order chi connectivity index (χ1) is 34.4. The molecule has 10 nitrogen and oxygen atoms in total. The molecule has 4 aromatic rings. The van der Waals surface area contributed by atoms with Crippen molar-refractivity contribution in [3.63, 3.8) is 0 Å². The van der Waals surface area contributed by atoms with Crippen molar-refractivity contribution >= 4 is 11.9 Å². The molecule has 0 bridgehead atoms. The maximum absolute atomic E-state index is 13.7. The molecule has 390 valence electrons. The van der Waals surface area contributed by atoms with Crippen LogP contribution >= 0.6 is 0 Å². The summed E-state index contributed by atoms with van der Waals surface area (Å²) in [4.78, 5) is 27.4. The highest BCUT2D eigenvalue weighted by molar-refractivity contribution is 5.78. The van der Waals surface area contributed by atoms with Crippen LogP contribution in [0.5, 0.6) is 11.5 Å². The van der Waals surface area contributed by atoms with Crippen LogP contribution in [-0.4, -0.2) is 87.2 Å². The normalized spacial score (nSPS) is 26.4. The molecule has 4 aliphatic carbocycles. The number of aryl methyl sites for hydroxylation is 2. The Labute approximate surface area is 429 Å². The van der Waals surface area contributed by atoms with Gasteiger partial charge in [0.25, 0.3) is 0 Å². The van der Waals surface area contributed by atoms with E-state index in [0.29, 0.717) is 36.5 Å². The average molecular weight is 987 g/mol. The van der Waals surface area contributed by atoms with E-state index in [1.807, 2.05) is 48.5 Å². The Morgan fingerprint density at radius 1 is 0.528 bits per heavy atom. The molecule has 4 aliphatic rings. The fourth-order valence-corrected chi connectivity index (χ4v) is 13.4. The molecule has 8 atom stereocenters. The predicted octanol–water partition coefficient (Wildman–Crippen LogP) is 11.6. The van der Waals surface area contributed by atoms with Gasteiger partial charge in [0.1, 0.15) is 50.1 Å². The third kappa shape index (κ3) is 11.5. The Kier molecular flexibility index (Phi) is 17.0. The number of hydrogen-bond acceptors (Lipinski definition) is 10. The highest BCUT2D eigenvalue weighted by Gasteiger charge is 2.57. The van der Waals surface area contributed by atoms with Crippen LogP contribution in [0.3, 0.4) is 0 Å². The molecule has 0 saturated heterocycles. The Bertz CT molecular complexity index is 2290. The van der Waals surface area contributed by atoms with Crippen LogP contribution in [-0.2, 0) is 52.2 Å². The lowest BCUT2D eigenvalue weighted by Crippen LogP contribution is -2.53. The van der Waals surface area contributed by atoms with Crippen molar-refractivity contribution in [2.45, 2.75) is 154 Å². The van der Waals surface area contributed by atoms with Crippen molar-refractivity contribution in [3.05, 3.63) is 118 Å². The fraction of sp³-hybridized carbons (Fsp3) is 0.581. The van der Waals surface area contributed by atoms with Gasteiger partial charge in [0.05, 0.1) is 37.3 Å². The number of rotatable bonds is 21. The monoisotopic (exact) mass is 987 g/mol. The van der Waals surface area contributed by atoms with Crippen molar-refractivity contribution in [1.82, 2.24) is 0 Å². The van der Waals surface area contributed by atoms with E-state index in [4.69, 9.17) is 28.4 Å². The maximum atomic E-state index is 13.7. The van der Waals surface area contributed by atoms with Crippen molar-refractivity contribution in [1.29, 1.82) is 0 Å². The molecule has 0 amide bonds. The molecule has 0 spiro atoms. The third-order valence-electron chi connectivity index (χ3n) is 17.5. The Morgan fingerprint density at radius 3 is 1.29 bits per heavy atom. The number of carbonyl (C=O) groups is 2. The van der Waals surface area contributed by atoms with Gasteiger partial charge in [-0.15, -0.1) is 0 Å². The number of hydrogen-bond donors (Lipinski definition) is 2. The summed E-state index contributed by atoms with van der Waals surface area (Å²) in [6.45, 7) is 18.8. The maximum Gasteiger partial charge on any atom is 0.312 e. The number of benzene rings is 4. The van der Waals surface area contributed by atoms with Gasteiger partial charge in [0.2, 0.25) is 0 Å². The highest BCUT2D eigenvalue weighted by Crippen LogP contribution is 2.59. The summed E-state index contributed by atoms with van der Waals surface area (Å²) in [7, 11) is 0. The zero-order valence-corrected chi connectivity index (χ0v) is 44.4. The summed E-state index contributed by atoms with van der Waals surface area (Å²) in [5.41, 5.74) is 9.06. The minimum Gasteiger partial charge on any atom is -0.491 e. The molecule has 2 fully saturated rings. The molecule has 8 unspecified atom stereocenters. The van der Waals surface area contributed by atoms with Crippen molar-refractivity contribution in [2.75, 3.05) is 52.9 Å². The summed E-state index contributed by atoms with van der Waals surface area (Å²) in [5, 5.41) is 21.3. The quantitative estimate of drug-likeness (QED) is 0.0615. The fourth-order valence-electron chi connectivity index (χ4n) is 13.4. The van der Waals surface area contributed by atoms with Crippen LogP contribution in [0.25, 0.3) is 11.1 Å². The van der Waals surface area contributed by atoms with E-state index < -0.39 is 23.0 Å². The molecular weight excluding hydrogens is 905 g/mol. The lowest BCUT2D eigenvalue weighted by atomic mass is 9.49. The minimum absolute atomic E-state index is 0.0451. The Hall–Kier alpha value is -4.74. The zero-order chi connectivity index (χ0) is 51.3. The number of fused-ring (bicyclic) bond motifs is 6. The van der Waals surface area contributed by atoms with Gasteiger partial charge in [-0.05, 0) is 168 Å². The topological polar surface area (TPSA) is 130 Å². The molecule has 0 aromatic heterocycles. The van der Waals surface area contributed by atoms with Crippen LogP contribution in [0.4, 0.5) is 0 Å². The van der Waals surface area contributed by atoms with Gasteiger partial charge in [0, 0.05) is 0 Å². The van der Waals surface area contributed by atoms with Crippen LogP contribution in [0.15, 0.2) is 84.9 Å². The standard InChI is InChI=1S/C62H82O10/c1-41(2)45-15-23-53-47(35-45)17-25-55-59(53,5)27-9-29-61(55,7)57(65)71-39-49(63)37-67-31-33-69-51-19-11-43(12-20-51)44-13-21-52(22-14-44)70-34-32-68-38-50(64)40-72-58(66)62(8)30-10-28-60(6)54-24-16-46(42(3)4)36-48(54)18-26-56(60)62/h11-16,19-24,35-36,41-42,49-50,55-56,63-64H,9-10,17-18,25-34,37-40H2,1-8H3. The van der Waals surface area contributed by atoms with E-state index in [2.05, 4.69) is 91.8 Å². The third-order valence-corrected chi connectivity index (χ3v) is 17.5. The van der Waals surface area contributed by atoms with Gasteiger partial charge in [-0.1, -0.05) is 115 Å². The minimum atomic E-state index is -0.926. The van der Waals surface area contributed by atoms with Gasteiger partial charge in [-0.2, -0.15) is 0 Å². The van der Waals surface area contributed by atoms with Crippen LogP contribution < -0.4 is 9.47 Å². The largest absolute Gasteiger partial charge is 0.491 e. The second kappa shape index (κ2) is 22.8. The zero-order valence-electron chi connectivity index (χ0n) is 44.4. The summed E-state index contributed by atoms with van der Waals surface area (Å²) < 4.78 is 34.8. The molecule has 0 heterocycles. The lowest BCUT2D eigenvalue weighted by molar-refractivity contribution is -0.169. The molecule has 0 aliphatic heterocycles. The first-order valence-corrected chi connectivity index (χ1v) is 27.0. The molecule has 4 aromatic carbocycles. The van der Waals surface area contributed by atoms with Gasteiger partial charge in [0.15, 0.2) is 0 Å². The Morgan fingerprint density at radius 2 is 0.917 bits per heavy atom. The number of aliphatic hydroxyl groups excluding tert-OH is 2. The van der Waals surface area contributed by atoms with E-state index in [1.54, 1.807) is 0 Å². The van der Waals surface area contributed by atoms with Gasteiger partial charge in [-0.3, -0.25) is 9.59 Å².